The van der Waals surface area contributed by atoms with Gasteiger partial charge >= 0.3 is 0 Å². The Morgan fingerprint density at radius 3 is 2.43 bits per heavy atom. The van der Waals surface area contributed by atoms with E-state index in [1.165, 1.54) is 4.90 Å². The second-order valence-electron chi connectivity index (χ2n) is 7.31. The number of amides is 2. The van der Waals surface area contributed by atoms with Crippen molar-refractivity contribution in [2.75, 3.05) is 6.61 Å². The highest BCUT2D eigenvalue weighted by molar-refractivity contribution is 6.31. The lowest BCUT2D eigenvalue weighted by Crippen LogP contribution is -2.50. The molecule has 2 atom stereocenters. The smallest absolute Gasteiger partial charge is 0.261 e. The molecule has 0 saturated carbocycles. The molecule has 0 aliphatic heterocycles. The minimum atomic E-state index is -0.682. The van der Waals surface area contributed by atoms with Crippen LogP contribution in [-0.4, -0.2) is 35.4 Å². The fraction of sp³-hybridized carbons (Fsp3) is 0.391. The van der Waals surface area contributed by atoms with E-state index in [0.29, 0.717) is 15.8 Å². The Hall–Kier alpha value is -2.24. The topological polar surface area (TPSA) is 58.6 Å². The summed E-state index contributed by atoms with van der Waals surface area (Å²) in [6.07, 6.45) is 0.802. The van der Waals surface area contributed by atoms with Crippen LogP contribution in [-0.2, 0) is 16.1 Å². The molecular weight excluding hydrogens is 423 g/mol. The highest BCUT2D eigenvalue weighted by Crippen LogP contribution is 2.22. The number of carbonyl (C=O) groups is 2. The summed E-state index contributed by atoms with van der Waals surface area (Å²) in [7, 11) is 0. The number of aryl methyl sites for hydroxylation is 1. The highest BCUT2D eigenvalue weighted by Gasteiger charge is 2.27. The molecule has 2 aromatic carbocycles. The Balaban J connectivity index is 2.18. The number of carbonyl (C=O) groups excluding carboxylic acids is 2. The van der Waals surface area contributed by atoms with E-state index in [9.17, 15) is 9.59 Å². The normalized spacial score (nSPS) is 12.7. The van der Waals surface area contributed by atoms with Crippen LogP contribution in [0.1, 0.15) is 38.3 Å². The van der Waals surface area contributed by atoms with Crippen LogP contribution >= 0.6 is 23.2 Å². The second kappa shape index (κ2) is 11.2. The van der Waals surface area contributed by atoms with Crippen molar-refractivity contribution in [1.29, 1.82) is 0 Å². The van der Waals surface area contributed by atoms with E-state index in [-0.39, 0.29) is 31.0 Å². The summed E-state index contributed by atoms with van der Waals surface area (Å²) in [6.45, 7) is 7.49. The summed E-state index contributed by atoms with van der Waals surface area (Å²) < 4.78 is 5.67. The number of hydrogen-bond acceptors (Lipinski definition) is 3. The first kappa shape index (κ1) is 24.0. The number of halogens is 2. The van der Waals surface area contributed by atoms with Gasteiger partial charge < -0.3 is 15.0 Å². The average Bonchev–Trinajstić information content (AvgIpc) is 2.73. The second-order valence-corrected chi connectivity index (χ2v) is 8.12. The molecule has 0 fully saturated rings. The molecule has 0 aliphatic carbocycles. The van der Waals surface area contributed by atoms with Crippen molar-refractivity contribution < 1.29 is 14.3 Å². The molecule has 2 aromatic rings. The van der Waals surface area contributed by atoms with Gasteiger partial charge in [0.2, 0.25) is 5.91 Å². The van der Waals surface area contributed by atoms with Crippen LogP contribution in [0.3, 0.4) is 0 Å². The van der Waals surface area contributed by atoms with Crippen LogP contribution in [0.15, 0.2) is 42.5 Å². The molecule has 0 heterocycles. The Morgan fingerprint density at radius 1 is 1.10 bits per heavy atom. The zero-order chi connectivity index (χ0) is 22.3. The van der Waals surface area contributed by atoms with Crippen molar-refractivity contribution in [2.24, 2.45) is 0 Å². The molecule has 1 N–H and O–H groups in total. The first-order valence-corrected chi connectivity index (χ1v) is 10.7. The molecule has 0 bridgehead atoms. The van der Waals surface area contributed by atoms with Crippen molar-refractivity contribution >= 4 is 35.0 Å². The predicted octanol–water partition coefficient (Wildman–Crippen LogP) is 5.01. The van der Waals surface area contributed by atoms with E-state index >= 15 is 0 Å². The Labute approximate surface area is 188 Å². The summed E-state index contributed by atoms with van der Waals surface area (Å²) in [5.41, 5.74) is 1.62. The van der Waals surface area contributed by atoms with Gasteiger partial charge in [-0.3, -0.25) is 9.59 Å². The zero-order valence-corrected chi connectivity index (χ0v) is 19.3. The van der Waals surface area contributed by atoms with Crippen LogP contribution in [0.25, 0.3) is 0 Å². The summed E-state index contributed by atoms with van der Waals surface area (Å²) >= 11 is 12.3. The maximum atomic E-state index is 13.0. The quantitative estimate of drug-likeness (QED) is 0.583. The lowest BCUT2D eigenvalue weighted by Gasteiger charge is -2.30. The van der Waals surface area contributed by atoms with Crippen LogP contribution in [0.5, 0.6) is 5.75 Å². The number of nitrogens with zero attached hydrogens (tertiary/aromatic N) is 1. The van der Waals surface area contributed by atoms with Gasteiger partial charge in [-0.2, -0.15) is 0 Å². The van der Waals surface area contributed by atoms with Crippen molar-refractivity contribution in [3.63, 3.8) is 0 Å². The van der Waals surface area contributed by atoms with E-state index in [4.69, 9.17) is 27.9 Å². The molecule has 2 amide bonds. The van der Waals surface area contributed by atoms with Gasteiger partial charge in [-0.15, -0.1) is 0 Å². The molecule has 5 nitrogen and oxygen atoms in total. The monoisotopic (exact) mass is 450 g/mol. The molecule has 0 aromatic heterocycles. The Bertz CT molecular complexity index is 889. The van der Waals surface area contributed by atoms with Crippen molar-refractivity contribution in [1.82, 2.24) is 10.2 Å². The van der Waals surface area contributed by atoms with Crippen LogP contribution in [0.4, 0.5) is 0 Å². The predicted molar refractivity (Wildman–Crippen MR) is 121 cm³/mol. The number of benzene rings is 2. The summed E-state index contributed by atoms with van der Waals surface area (Å²) in [5, 5.41) is 4.10. The van der Waals surface area contributed by atoms with Crippen LogP contribution < -0.4 is 10.1 Å². The molecule has 0 aliphatic rings. The molecule has 2 unspecified atom stereocenters. The first-order valence-electron chi connectivity index (χ1n) is 9.95. The van der Waals surface area contributed by atoms with Gasteiger partial charge in [0.25, 0.3) is 5.91 Å². The van der Waals surface area contributed by atoms with Crippen LogP contribution in [0.2, 0.25) is 10.0 Å². The SMILES string of the molecule is CCC(C)NC(=O)C(C)N(Cc1ccccc1Cl)C(=O)COc1ccc(Cl)c(C)c1. The Kier molecular flexibility index (Phi) is 9.00. The van der Waals surface area contributed by atoms with Gasteiger partial charge in [0, 0.05) is 22.6 Å². The van der Waals surface area contributed by atoms with Crippen molar-refractivity contribution in [2.45, 2.75) is 52.7 Å². The van der Waals surface area contributed by atoms with Gasteiger partial charge in [0.05, 0.1) is 0 Å². The third kappa shape index (κ3) is 6.64. The van der Waals surface area contributed by atoms with Crippen LogP contribution in [0, 0.1) is 6.92 Å². The van der Waals surface area contributed by atoms with Gasteiger partial charge in [-0.25, -0.2) is 0 Å². The number of hydrogen-bond donors (Lipinski definition) is 1. The van der Waals surface area contributed by atoms with E-state index in [1.807, 2.05) is 39.0 Å². The molecule has 30 heavy (non-hydrogen) atoms. The highest BCUT2D eigenvalue weighted by atomic mass is 35.5. The lowest BCUT2D eigenvalue weighted by molar-refractivity contribution is -0.142. The van der Waals surface area contributed by atoms with Crippen molar-refractivity contribution in [3.8, 4) is 5.75 Å². The van der Waals surface area contributed by atoms with Gasteiger partial charge in [-0.05, 0) is 62.6 Å². The third-order valence-corrected chi connectivity index (χ3v) is 5.75. The Morgan fingerprint density at radius 2 is 1.80 bits per heavy atom. The number of nitrogens with one attached hydrogen (secondary N) is 1. The van der Waals surface area contributed by atoms with Gasteiger partial charge in [-0.1, -0.05) is 48.3 Å². The standard InChI is InChI=1S/C23H28Cl2N2O3/c1-5-16(3)26-23(29)17(4)27(13-18-8-6-7-9-21(18)25)22(28)14-30-19-10-11-20(24)15(2)12-19/h6-12,16-17H,5,13-14H2,1-4H3,(H,26,29). The lowest BCUT2D eigenvalue weighted by atomic mass is 10.1. The summed E-state index contributed by atoms with van der Waals surface area (Å²) in [5.74, 6) is 0.0149. The summed E-state index contributed by atoms with van der Waals surface area (Å²) in [6, 6.07) is 11.8. The van der Waals surface area contributed by atoms with E-state index < -0.39 is 6.04 Å². The molecule has 0 radical (unpaired) electrons. The fourth-order valence-corrected chi connectivity index (χ4v) is 3.11. The van der Waals surface area contributed by atoms with E-state index in [1.54, 1.807) is 31.2 Å². The maximum absolute atomic E-state index is 13.0. The fourth-order valence-electron chi connectivity index (χ4n) is 2.79. The molecule has 0 spiro atoms. The number of ether oxygens (including phenoxy) is 1. The minimum absolute atomic E-state index is 0.0190. The molecule has 0 saturated heterocycles. The summed E-state index contributed by atoms with van der Waals surface area (Å²) in [4.78, 5) is 27.2. The molecule has 162 valence electrons. The molecular formula is C23H28Cl2N2O3. The van der Waals surface area contributed by atoms with Crippen molar-refractivity contribution in [3.05, 3.63) is 63.6 Å². The maximum Gasteiger partial charge on any atom is 0.261 e. The third-order valence-electron chi connectivity index (χ3n) is 4.96. The average molecular weight is 451 g/mol. The number of rotatable bonds is 9. The minimum Gasteiger partial charge on any atom is -0.484 e. The van der Waals surface area contributed by atoms with E-state index in [2.05, 4.69) is 5.32 Å². The first-order chi connectivity index (χ1) is 14.2. The molecule has 7 heteroatoms. The zero-order valence-electron chi connectivity index (χ0n) is 17.7. The largest absolute Gasteiger partial charge is 0.484 e. The van der Waals surface area contributed by atoms with Gasteiger partial charge in [0.15, 0.2) is 6.61 Å². The molecule has 2 rings (SSSR count). The van der Waals surface area contributed by atoms with Gasteiger partial charge in [0.1, 0.15) is 11.8 Å². The van der Waals surface area contributed by atoms with E-state index in [0.717, 1.165) is 17.5 Å².